The van der Waals surface area contributed by atoms with Crippen molar-refractivity contribution in [1.82, 2.24) is 0 Å². The Kier molecular flexibility index (Phi) is 5.53. The second-order valence-corrected chi connectivity index (χ2v) is 8.56. The van der Waals surface area contributed by atoms with Gasteiger partial charge in [0.1, 0.15) is 6.07 Å². The van der Waals surface area contributed by atoms with Crippen molar-refractivity contribution < 1.29 is 14.6 Å². The van der Waals surface area contributed by atoms with E-state index in [4.69, 9.17) is 10.5 Å². The van der Waals surface area contributed by atoms with Crippen LogP contribution in [0.15, 0.2) is 25.7 Å². The summed E-state index contributed by atoms with van der Waals surface area (Å²) in [4.78, 5) is 14.1. The Labute approximate surface area is 150 Å². The number of carbonyl (C=O) groups is 1. The van der Waals surface area contributed by atoms with E-state index in [1.54, 1.807) is 13.8 Å². The van der Waals surface area contributed by atoms with E-state index in [0.29, 0.717) is 16.3 Å². The van der Waals surface area contributed by atoms with Crippen LogP contribution in [0.3, 0.4) is 0 Å². The summed E-state index contributed by atoms with van der Waals surface area (Å²) >= 11 is 2.71. The molecule has 2 rings (SSSR count). The maximum atomic E-state index is 12.2. The van der Waals surface area contributed by atoms with Crippen molar-refractivity contribution in [1.29, 1.82) is 5.26 Å². The molecule has 3 N–H and O–H groups in total. The number of aryl methyl sites for hydroxylation is 2. The molecule has 0 unspecified atom stereocenters. The zero-order valence-corrected chi connectivity index (χ0v) is 15.7. The van der Waals surface area contributed by atoms with Crippen molar-refractivity contribution in [2.45, 2.75) is 49.5 Å². The predicted octanol–water partition coefficient (Wildman–Crippen LogP) is 3.52. The number of nitrogens with two attached hydrogens (primary N) is 1. The molecular weight excluding hydrogens is 344 g/mol. The van der Waals surface area contributed by atoms with Crippen LogP contribution in [-0.4, -0.2) is 23.3 Å². The second kappa shape index (κ2) is 7.09. The Morgan fingerprint density at radius 3 is 2.54 bits per heavy atom. The molecule has 0 saturated heterocycles. The lowest BCUT2D eigenvalue weighted by molar-refractivity contribution is -0.139. The summed E-state index contributed by atoms with van der Waals surface area (Å²) in [6.45, 7) is 7.25. The number of carbonyl (C=O) groups excluding carboxylic acids is 1. The molecule has 0 amide bonds. The molecule has 7 heteroatoms. The number of nitrogens with zero attached hydrogens (tertiary/aromatic N) is 1. The summed E-state index contributed by atoms with van der Waals surface area (Å²) in [5, 5.41) is 19.0. The van der Waals surface area contributed by atoms with Gasteiger partial charge in [0, 0.05) is 17.0 Å². The second-order valence-electron chi connectivity index (χ2n) is 6.26. The molecule has 0 aliphatic carbocycles. The standard InChI is InChI=1S/C17H20N2O3S2/c1-9-7-10(2)13-14(12(9)19)24-16(23-13)11(8-18)15(20)22-6-5-17(3,4)21/h7,21H,5-6,19H2,1-4H3/b16-11+. The normalized spacial score (nSPS) is 15.7. The number of rotatable bonds is 4. The summed E-state index contributed by atoms with van der Waals surface area (Å²) in [6, 6.07) is 3.94. The molecule has 128 valence electrons. The van der Waals surface area contributed by atoms with Gasteiger partial charge in [-0.2, -0.15) is 5.26 Å². The third-order valence-corrected chi connectivity index (χ3v) is 6.29. The van der Waals surface area contributed by atoms with E-state index in [1.165, 1.54) is 23.5 Å². The molecule has 0 saturated carbocycles. The first-order chi connectivity index (χ1) is 11.1. The Balaban J connectivity index is 2.22. The molecule has 1 aromatic rings. The average molecular weight is 364 g/mol. The monoisotopic (exact) mass is 364 g/mol. The fourth-order valence-electron chi connectivity index (χ4n) is 2.13. The van der Waals surface area contributed by atoms with E-state index in [-0.39, 0.29) is 12.2 Å². The number of thioether (sulfide) groups is 2. The van der Waals surface area contributed by atoms with Crippen LogP contribution in [0, 0.1) is 25.2 Å². The van der Waals surface area contributed by atoms with Crippen molar-refractivity contribution in [2.75, 3.05) is 12.3 Å². The first kappa shape index (κ1) is 18.7. The van der Waals surface area contributed by atoms with E-state index in [9.17, 15) is 15.2 Å². The van der Waals surface area contributed by atoms with Gasteiger partial charge < -0.3 is 15.6 Å². The number of benzene rings is 1. The third kappa shape index (κ3) is 4.07. The Morgan fingerprint density at radius 2 is 1.96 bits per heavy atom. The zero-order valence-electron chi connectivity index (χ0n) is 14.1. The van der Waals surface area contributed by atoms with E-state index >= 15 is 0 Å². The Bertz CT molecular complexity index is 759. The number of nitrogen functional groups attached to an aromatic ring is 1. The summed E-state index contributed by atoms with van der Waals surface area (Å²) in [7, 11) is 0. The van der Waals surface area contributed by atoms with Crippen molar-refractivity contribution in [3.63, 3.8) is 0 Å². The van der Waals surface area contributed by atoms with Gasteiger partial charge in [-0.15, -0.1) is 0 Å². The van der Waals surface area contributed by atoms with Gasteiger partial charge >= 0.3 is 5.97 Å². The molecule has 1 aliphatic heterocycles. The Morgan fingerprint density at radius 1 is 1.33 bits per heavy atom. The van der Waals surface area contributed by atoms with Gasteiger partial charge in [-0.1, -0.05) is 29.6 Å². The smallest absolute Gasteiger partial charge is 0.350 e. The highest BCUT2D eigenvalue weighted by Gasteiger charge is 2.29. The van der Waals surface area contributed by atoms with E-state index in [0.717, 1.165) is 20.9 Å². The minimum absolute atomic E-state index is 0.0200. The maximum Gasteiger partial charge on any atom is 0.350 e. The number of hydrogen-bond donors (Lipinski definition) is 2. The van der Waals surface area contributed by atoms with Crippen LogP contribution in [0.25, 0.3) is 0 Å². The van der Waals surface area contributed by atoms with Crippen molar-refractivity contribution >= 4 is 35.2 Å². The topological polar surface area (TPSA) is 96.3 Å². The first-order valence-electron chi connectivity index (χ1n) is 7.43. The van der Waals surface area contributed by atoms with Crippen LogP contribution in [0.1, 0.15) is 31.4 Å². The van der Waals surface area contributed by atoms with E-state index in [2.05, 4.69) is 0 Å². The number of anilines is 1. The molecule has 0 bridgehead atoms. The number of fused-ring (bicyclic) bond motifs is 1. The van der Waals surface area contributed by atoms with Gasteiger partial charge in [0.15, 0.2) is 5.57 Å². The van der Waals surface area contributed by atoms with Gasteiger partial charge in [0.25, 0.3) is 0 Å². The number of ether oxygens (including phenoxy) is 1. The lowest BCUT2D eigenvalue weighted by atomic mass is 10.1. The molecular formula is C17H20N2O3S2. The number of hydrogen-bond acceptors (Lipinski definition) is 7. The zero-order chi connectivity index (χ0) is 18.1. The first-order valence-corrected chi connectivity index (χ1v) is 9.06. The minimum Gasteiger partial charge on any atom is -0.461 e. The minimum atomic E-state index is -0.920. The molecule has 0 spiro atoms. The van der Waals surface area contributed by atoms with Gasteiger partial charge in [0.2, 0.25) is 0 Å². The van der Waals surface area contributed by atoms with Crippen LogP contribution in [-0.2, 0) is 9.53 Å². The molecule has 24 heavy (non-hydrogen) atoms. The SMILES string of the molecule is Cc1cc(C)c2c(c1N)S/C(=C(\C#N)C(=O)OCCC(C)(C)O)S2. The molecule has 1 aromatic carbocycles. The molecule has 0 atom stereocenters. The van der Waals surface area contributed by atoms with E-state index in [1.807, 2.05) is 26.0 Å². The quantitative estimate of drug-likeness (QED) is 0.365. The van der Waals surface area contributed by atoms with Crippen molar-refractivity contribution in [2.24, 2.45) is 0 Å². The fourth-order valence-corrected chi connectivity index (χ4v) is 4.82. The number of aliphatic hydroxyl groups is 1. The maximum absolute atomic E-state index is 12.2. The molecule has 0 radical (unpaired) electrons. The van der Waals surface area contributed by atoms with Crippen molar-refractivity contribution in [3.8, 4) is 6.07 Å². The largest absolute Gasteiger partial charge is 0.461 e. The summed E-state index contributed by atoms with van der Waals surface area (Å²) in [6.07, 6.45) is 0.304. The highest BCUT2D eigenvalue weighted by Crippen LogP contribution is 2.56. The van der Waals surface area contributed by atoms with Crippen molar-refractivity contribution in [3.05, 3.63) is 27.0 Å². The Hall–Kier alpha value is -1.62. The predicted molar refractivity (Wildman–Crippen MR) is 96.6 cm³/mol. The van der Waals surface area contributed by atoms with Crippen LogP contribution >= 0.6 is 23.5 Å². The molecule has 1 aliphatic rings. The van der Waals surface area contributed by atoms with Gasteiger partial charge in [-0.25, -0.2) is 4.79 Å². The summed E-state index contributed by atoms with van der Waals surface area (Å²) in [5.41, 5.74) is 7.91. The average Bonchev–Trinajstić information content (AvgIpc) is 2.90. The van der Waals surface area contributed by atoms with Crippen LogP contribution in [0.2, 0.25) is 0 Å². The number of esters is 1. The molecule has 0 fully saturated rings. The highest BCUT2D eigenvalue weighted by molar-refractivity contribution is 8.24. The molecule has 5 nitrogen and oxygen atoms in total. The van der Waals surface area contributed by atoms with Gasteiger partial charge in [-0.05, 0) is 38.8 Å². The lowest BCUT2D eigenvalue weighted by Crippen LogP contribution is -2.22. The van der Waals surface area contributed by atoms with Gasteiger partial charge in [0.05, 0.1) is 21.3 Å². The van der Waals surface area contributed by atoms with E-state index < -0.39 is 11.6 Å². The third-order valence-electron chi connectivity index (χ3n) is 3.52. The van der Waals surface area contributed by atoms with Crippen LogP contribution < -0.4 is 5.73 Å². The molecule has 0 aromatic heterocycles. The highest BCUT2D eigenvalue weighted by atomic mass is 32.2. The lowest BCUT2D eigenvalue weighted by Gasteiger charge is -2.16. The summed E-state index contributed by atoms with van der Waals surface area (Å²) < 4.78 is 5.71. The number of nitriles is 1. The fraction of sp³-hybridized carbons (Fsp3) is 0.412. The van der Waals surface area contributed by atoms with Crippen LogP contribution in [0.5, 0.6) is 0 Å². The van der Waals surface area contributed by atoms with Crippen LogP contribution in [0.4, 0.5) is 5.69 Å². The summed E-state index contributed by atoms with van der Waals surface area (Å²) in [5.74, 6) is -0.669. The van der Waals surface area contributed by atoms with Gasteiger partial charge in [-0.3, -0.25) is 0 Å². The molecule has 1 heterocycles.